The van der Waals surface area contributed by atoms with Crippen molar-refractivity contribution in [2.45, 2.75) is 6.18 Å². The maximum atomic E-state index is 12.9. The number of ether oxygens (including phenoxy) is 1. The summed E-state index contributed by atoms with van der Waals surface area (Å²) in [5.41, 5.74) is -0.547. The number of hydrogen-bond acceptors (Lipinski definition) is 4. The Hall–Kier alpha value is -3.05. The van der Waals surface area contributed by atoms with Crippen molar-refractivity contribution in [1.82, 2.24) is 10.3 Å². The molecule has 0 aliphatic heterocycles. The smallest absolute Gasteiger partial charge is 0.417 e. The molecule has 3 rings (SSSR count). The van der Waals surface area contributed by atoms with E-state index in [0.29, 0.717) is 17.2 Å². The van der Waals surface area contributed by atoms with Crippen molar-refractivity contribution in [3.05, 3.63) is 77.1 Å². The monoisotopic (exact) mass is 571 g/mol. The number of carbonyl (C=O) groups is 2. The zero-order valence-corrected chi connectivity index (χ0v) is 19.0. The van der Waals surface area contributed by atoms with Gasteiger partial charge in [-0.1, -0.05) is 11.6 Å². The van der Waals surface area contributed by atoms with Crippen molar-refractivity contribution >= 4 is 34.9 Å². The number of halogens is 4. The Bertz CT molecular complexity index is 1140. The van der Waals surface area contributed by atoms with Gasteiger partial charge in [0.2, 0.25) is 0 Å². The van der Waals surface area contributed by atoms with Crippen molar-refractivity contribution < 1.29 is 49.9 Å². The third-order valence-electron chi connectivity index (χ3n) is 4.07. The summed E-state index contributed by atoms with van der Waals surface area (Å²) in [6.07, 6.45) is -3.21. The molecule has 0 bridgehead atoms. The third kappa shape index (κ3) is 7.22. The fraction of sp³-hybridized carbons (Fsp3) is 0.0952. The zero-order chi connectivity index (χ0) is 23.3. The van der Waals surface area contributed by atoms with Crippen LogP contribution >= 0.6 is 11.6 Å². The van der Waals surface area contributed by atoms with Crippen LogP contribution in [0.25, 0.3) is 0 Å². The van der Waals surface area contributed by atoms with E-state index in [1.807, 2.05) is 0 Å². The van der Waals surface area contributed by atoms with Gasteiger partial charge in [0.1, 0.15) is 17.2 Å². The number of carbonyl (C=O) groups excluding carboxylic acids is 2. The van der Waals surface area contributed by atoms with Gasteiger partial charge in [-0.05, 0) is 48.5 Å². The first kappa shape index (κ1) is 26.2. The topological polar surface area (TPSA) is 92.4 Å². The molecule has 7 nitrogen and oxygen atoms in total. The van der Waals surface area contributed by atoms with Crippen LogP contribution in [-0.2, 0) is 28.6 Å². The Morgan fingerprint density at radius 1 is 0.939 bits per heavy atom. The summed E-state index contributed by atoms with van der Waals surface area (Å²) < 4.78 is 44.5. The Morgan fingerprint density at radius 2 is 1.58 bits per heavy atom. The molecule has 0 spiro atoms. The summed E-state index contributed by atoms with van der Waals surface area (Å²) >= 11 is 5.57. The molecule has 33 heavy (non-hydrogen) atoms. The second-order valence-corrected chi connectivity index (χ2v) is 6.76. The number of aromatic nitrogens is 1. The molecular formula is C21H16AgClF3N4O3. The summed E-state index contributed by atoms with van der Waals surface area (Å²) in [7, 11) is 1.49. The van der Waals surface area contributed by atoms with Crippen molar-refractivity contribution in [3.63, 3.8) is 0 Å². The number of alkyl halides is 3. The van der Waals surface area contributed by atoms with Gasteiger partial charge in [-0.15, -0.1) is 0 Å². The Labute approximate surface area is 207 Å². The molecule has 1 heterocycles. The van der Waals surface area contributed by atoms with Crippen LogP contribution in [0, 0.1) is 0 Å². The van der Waals surface area contributed by atoms with Crippen LogP contribution in [-0.4, -0.2) is 24.0 Å². The first-order valence-electron chi connectivity index (χ1n) is 9.06. The van der Waals surface area contributed by atoms with Gasteiger partial charge < -0.3 is 20.7 Å². The standard InChI is InChI=1S/C21H16ClF3N4O3.Ag/c1-26-19(30)18-11-15(8-9-27-18)32-14-5-2-12(3-6-14)28-20(31)29-13-4-7-17(22)16(10-13)21(23,24)25;/h2-11H,1H3,(H,26,30)(H2,28,29,31);. The summed E-state index contributed by atoms with van der Waals surface area (Å²) in [5, 5.41) is 6.83. The number of benzene rings is 2. The molecule has 0 aliphatic carbocycles. The van der Waals surface area contributed by atoms with Gasteiger partial charge in [0, 0.05) is 53.1 Å². The molecule has 177 valence electrons. The van der Waals surface area contributed by atoms with E-state index in [1.54, 1.807) is 30.3 Å². The Balaban J connectivity index is 0.00000385. The van der Waals surface area contributed by atoms with Crippen LogP contribution in [0.15, 0.2) is 60.8 Å². The van der Waals surface area contributed by atoms with E-state index in [9.17, 15) is 22.8 Å². The largest absolute Gasteiger partial charge is 0.457 e. The summed E-state index contributed by atoms with van der Waals surface area (Å²) in [6.45, 7) is 0. The molecule has 3 aromatic rings. The minimum atomic E-state index is -4.64. The SMILES string of the molecule is CNC(=O)c1cc(Oc2ccc(NC(=O)Nc3ccc(Cl)c(C(F)(F)F)c3)cc2)ccn1.[Ag]. The first-order valence-corrected chi connectivity index (χ1v) is 9.44. The van der Waals surface area contributed by atoms with Crippen LogP contribution in [0.2, 0.25) is 5.02 Å². The summed E-state index contributed by atoms with van der Waals surface area (Å²) in [5.74, 6) is 0.460. The fourth-order valence-electron chi connectivity index (χ4n) is 2.58. The van der Waals surface area contributed by atoms with E-state index in [-0.39, 0.29) is 39.7 Å². The molecule has 0 fully saturated rings. The number of rotatable bonds is 5. The number of nitrogens with one attached hydrogen (secondary N) is 3. The molecule has 2 aromatic carbocycles. The van der Waals surface area contributed by atoms with E-state index >= 15 is 0 Å². The van der Waals surface area contributed by atoms with Gasteiger partial charge in [0.15, 0.2) is 0 Å². The first-order chi connectivity index (χ1) is 15.2. The molecule has 3 amide bonds. The van der Waals surface area contributed by atoms with E-state index < -0.39 is 22.8 Å². The van der Waals surface area contributed by atoms with E-state index in [4.69, 9.17) is 16.3 Å². The quantitative estimate of drug-likeness (QED) is 0.350. The number of hydrogen-bond donors (Lipinski definition) is 3. The second kappa shape index (κ2) is 11.2. The summed E-state index contributed by atoms with van der Waals surface area (Å²) in [4.78, 5) is 27.7. The number of urea groups is 1. The van der Waals surface area contributed by atoms with Crippen LogP contribution < -0.4 is 20.7 Å². The number of nitrogens with zero attached hydrogens (tertiary/aromatic N) is 1. The molecule has 3 N–H and O–H groups in total. The predicted molar refractivity (Wildman–Crippen MR) is 113 cm³/mol. The summed E-state index contributed by atoms with van der Waals surface area (Å²) in [6, 6.07) is 11.6. The van der Waals surface area contributed by atoms with Crippen molar-refractivity contribution in [2.24, 2.45) is 0 Å². The number of pyridine rings is 1. The van der Waals surface area contributed by atoms with Crippen LogP contribution in [0.3, 0.4) is 0 Å². The van der Waals surface area contributed by atoms with E-state index in [0.717, 1.165) is 12.1 Å². The Kier molecular flexibility index (Phi) is 8.89. The van der Waals surface area contributed by atoms with Crippen molar-refractivity contribution in [3.8, 4) is 11.5 Å². The average molecular weight is 573 g/mol. The third-order valence-corrected chi connectivity index (χ3v) is 4.40. The van der Waals surface area contributed by atoms with E-state index in [2.05, 4.69) is 20.9 Å². The van der Waals surface area contributed by atoms with Gasteiger partial charge in [0.05, 0.1) is 10.6 Å². The van der Waals surface area contributed by atoms with Crippen molar-refractivity contribution in [2.75, 3.05) is 17.7 Å². The second-order valence-electron chi connectivity index (χ2n) is 6.35. The maximum absolute atomic E-state index is 12.9. The zero-order valence-electron chi connectivity index (χ0n) is 16.8. The van der Waals surface area contributed by atoms with Gasteiger partial charge in [-0.3, -0.25) is 9.78 Å². The molecule has 0 atom stereocenters. The van der Waals surface area contributed by atoms with E-state index in [1.165, 1.54) is 25.4 Å². The molecule has 0 unspecified atom stereocenters. The fourth-order valence-corrected chi connectivity index (χ4v) is 2.81. The van der Waals surface area contributed by atoms with Gasteiger partial charge in [-0.25, -0.2) is 4.79 Å². The normalized spacial score (nSPS) is 10.6. The Morgan fingerprint density at radius 3 is 2.21 bits per heavy atom. The van der Waals surface area contributed by atoms with Crippen LogP contribution in [0.5, 0.6) is 11.5 Å². The molecule has 0 saturated carbocycles. The molecule has 1 aromatic heterocycles. The molecule has 1 radical (unpaired) electrons. The number of amides is 3. The predicted octanol–water partition coefficient (Wildman–Crippen LogP) is 5.55. The molecule has 0 saturated heterocycles. The number of anilines is 2. The molecule has 0 aliphatic rings. The minimum Gasteiger partial charge on any atom is -0.457 e. The van der Waals surface area contributed by atoms with Crippen LogP contribution in [0.4, 0.5) is 29.3 Å². The van der Waals surface area contributed by atoms with Gasteiger partial charge >= 0.3 is 12.2 Å². The maximum Gasteiger partial charge on any atom is 0.417 e. The molecular weight excluding hydrogens is 557 g/mol. The van der Waals surface area contributed by atoms with Crippen molar-refractivity contribution in [1.29, 1.82) is 0 Å². The van der Waals surface area contributed by atoms with Gasteiger partial charge in [0.25, 0.3) is 5.91 Å². The average Bonchev–Trinajstić information content (AvgIpc) is 2.75. The minimum absolute atomic E-state index is 0. The molecule has 12 heteroatoms. The van der Waals surface area contributed by atoms with Crippen LogP contribution in [0.1, 0.15) is 16.1 Å². The van der Waals surface area contributed by atoms with Gasteiger partial charge in [-0.2, -0.15) is 13.2 Å².